The van der Waals surface area contributed by atoms with E-state index in [9.17, 15) is 4.79 Å². The van der Waals surface area contributed by atoms with Gasteiger partial charge in [0.2, 0.25) is 0 Å². The first-order valence-electron chi connectivity index (χ1n) is 6.98. The predicted molar refractivity (Wildman–Crippen MR) is 80.6 cm³/mol. The van der Waals surface area contributed by atoms with Gasteiger partial charge in [0.25, 0.3) is 0 Å². The van der Waals surface area contributed by atoms with Gasteiger partial charge in [-0.1, -0.05) is 31.9 Å². The molecule has 1 aromatic rings. The quantitative estimate of drug-likeness (QED) is 0.649. The first-order chi connectivity index (χ1) is 9.02. The smallest absolute Gasteiger partial charge is 0.166 e. The first kappa shape index (κ1) is 16.0. The molecule has 1 rings (SSSR count). The number of unbranched alkanes of at least 4 members (excludes halogenated alkanes) is 1. The Kier molecular flexibility index (Phi) is 6.36. The maximum absolute atomic E-state index is 12.3. The molecule has 0 aliphatic heterocycles. The molecule has 0 aromatic heterocycles. The molecular weight excluding hydrogens is 260 g/mol. The van der Waals surface area contributed by atoms with Crippen molar-refractivity contribution in [2.24, 2.45) is 0 Å². The van der Waals surface area contributed by atoms with Crippen LogP contribution in [-0.4, -0.2) is 12.4 Å². The van der Waals surface area contributed by atoms with Gasteiger partial charge in [-0.15, -0.1) is 0 Å². The Labute approximate surface area is 121 Å². The molecule has 19 heavy (non-hydrogen) atoms. The third-order valence-corrected chi connectivity index (χ3v) is 3.72. The van der Waals surface area contributed by atoms with E-state index in [1.165, 1.54) is 0 Å². The number of Topliss-reactive ketones (excluding diaryl/α,β-unsaturated/α-hetero) is 1. The standard InChI is InChI=1S/C16H23ClO2/c1-5-7-8-13(18)15-12(4)16(17)11(3)10-14(15)19-9-6-2/h10H,5-9H2,1-4H3. The second-order valence-electron chi connectivity index (χ2n) is 4.88. The Morgan fingerprint density at radius 1 is 1.26 bits per heavy atom. The Morgan fingerprint density at radius 2 is 1.95 bits per heavy atom. The molecule has 0 unspecified atom stereocenters. The topological polar surface area (TPSA) is 26.3 Å². The maximum atomic E-state index is 12.3. The van der Waals surface area contributed by atoms with Crippen molar-refractivity contribution in [1.29, 1.82) is 0 Å². The van der Waals surface area contributed by atoms with Crippen LogP contribution < -0.4 is 4.74 Å². The molecule has 0 aliphatic rings. The van der Waals surface area contributed by atoms with Gasteiger partial charge >= 0.3 is 0 Å². The summed E-state index contributed by atoms with van der Waals surface area (Å²) in [5.41, 5.74) is 2.46. The Morgan fingerprint density at radius 3 is 2.53 bits per heavy atom. The summed E-state index contributed by atoms with van der Waals surface area (Å²) in [6, 6.07) is 1.88. The van der Waals surface area contributed by atoms with Gasteiger partial charge in [-0.3, -0.25) is 4.79 Å². The molecule has 0 heterocycles. The van der Waals surface area contributed by atoms with Crippen LogP contribution in [0, 0.1) is 13.8 Å². The van der Waals surface area contributed by atoms with Crippen molar-refractivity contribution in [2.45, 2.75) is 53.4 Å². The second kappa shape index (κ2) is 7.54. The number of aryl methyl sites for hydroxylation is 1. The van der Waals surface area contributed by atoms with Crippen LogP contribution in [0.5, 0.6) is 5.75 Å². The number of ketones is 1. The lowest BCUT2D eigenvalue weighted by Crippen LogP contribution is -2.08. The molecule has 0 radical (unpaired) electrons. The number of halogens is 1. The summed E-state index contributed by atoms with van der Waals surface area (Å²) >= 11 is 6.26. The summed E-state index contributed by atoms with van der Waals surface area (Å²) in [5, 5.41) is 0.670. The second-order valence-corrected chi connectivity index (χ2v) is 5.26. The van der Waals surface area contributed by atoms with E-state index in [1.807, 2.05) is 26.8 Å². The normalized spacial score (nSPS) is 10.6. The van der Waals surface area contributed by atoms with Crippen LogP contribution >= 0.6 is 11.6 Å². The van der Waals surface area contributed by atoms with Crippen molar-refractivity contribution < 1.29 is 9.53 Å². The number of rotatable bonds is 7. The van der Waals surface area contributed by atoms with Crippen LogP contribution in [0.15, 0.2) is 6.07 Å². The summed E-state index contributed by atoms with van der Waals surface area (Å²) in [6.07, 6.45) is 3.38. The van der Waals surface area contributed by atoms with E-state index in [2.05, 4.69) is 6.92 Å². The Hall–Kier alpha value is -1.02. The molecule has 0 saturated carbocycles. The van der Waals surface area contributed by atoms with Crippen LogP contribution in [0.3, 0.4) is 0 Å². The average molecular weight is 283 g/mol. The Balaban J connectivity index is 3.17. The summed E-state index contributed by atoms with van der Waals surface area (Å²) in [7, 11) is 0. The van der Waals surface area contributed by atoms with Gasteiger partial charge in [0.1, 0.15) is 5.75 Å². The fraction of sp³-hybridized carbons (Fsp3) is 0.562. The van der Waals surface area contributed by atoms with E-state index in [4.69, 9.17) is 16.3 Å². The molecule has 0 atom stereocenters. The molecule has 3 heteroatoms. The molecular formula is C16H23ClO2. The van der Waals surface area contributed by atoms with E-state index >= 15 is 0 Å². The minimum Gasteiger partial charge on any atom is -0.493 e. The van der Waals surface area contributed by atoms with Crippen molar-refractivity contribution >= 4 is 17.4 Å². The highest BCUT2D eigenvalue weighted by atomic mass is 35.5. The molecule has 0 saturated heterocycles. The number of carbonyl (C=O) groups is 1. The lowest BCUT2D eigenvalue weighted by molar-refractivity contribution is 0.0975. The summed E-state index contributed by atoms with van der Waals surface area (Å²) in [4.78, 5) is 12.3. The molecule has 0 amide bonds. The molecule has 0 bridgehead atoms. The van der Waals surface area contributed by atoms with Crippen molar-refractivity contribution in [1.82, 2.24) is 0 Å². The van der Waals surface area contributed by atoms with Crippen LogP contribution in [0.4, 0.5) is 0 Å². The zero-order valence-electron chi connectivity index (χ0n) is 12.3. The lowest BCUT2D eigenvalue weighted by Gasteiger charge is -2.15. The van der Waals surface area contributed by atoms with Gasteiger partial charge in [0.15, 0.2) is 5.78 Å². The van der Waals surface area contributed by atoms with Gasteiger partial charge in [-0.25, -0.2) is 0 Å². The fourth-order valence-corrected chi connectivity index (χ4v) is 2.21. The van der Waals surface area contributed by atoms with E-state index in [0.717, 1.165) is 30.4 Å². The zero-order valence-corrected chi connectivity index (χ0v) is 13.1. The lowest BCUT2D eigenvalue weighted by atomic mass is 9.97. The van der Waals surface area contributed by atoms with Crippen molar-refractivity contribution in [3.63, 3.8) is 0 Å². The predicted octanol–water partition coefficient (Wildman–Crippen LogP) is 5.12. The SMILES string of the molecule is CCCCC(=O)c1c(OCCC)cc(C)c(Cl)c1C. The number of benzene rings is 1. The van der Waals surface area contributed by atoms with Crippen molar-refractivity contribution in [3.8, 4) is 5.75 Å². The Bertz CT molecular complexity index is 453. The van der Waals surface area contributed by atoms with E-state index in [0.29, 0.717) is 29.4 Å². The van der Waals surface area contributed by atoms with Gasteiger partial charge in [0, 0.05) is 11.4 Å². The van der Waals surface area contributed by atoms with Crippen LogP contribution in [0.2, 0.25) is 5.02 Å². The van der Waals surface area contributed by atoms with Crippen LogP contribution in [-0.2, 0) is 0 Å². The first-order valence-corrected chi connectivity index (χ1v) is 7.36. The average Bonchev–Trinajstić information content (AvgIpc) is 2.39. The van der Waals surface area contributed by atoms with Gasteiger partial charge in [0.05, 0.1) is 12.2 Å². The van der Waals surface area contributed by atoms with Gasteiger partial charge in [-0.2, -0.15) is 0 Å². The summed E-state index contributed by atoms with van der Waals surface area (Å²) in [5.74, 6) is 0.815. The van der Waals surface area contributed by atoms with Crippen molar-refractivity contribution in [3.05, 3.63) is 27.8 Å². The molecule has 2 nitrogen and oxygen atoms in total. The van der Waals surface area contributed by atoms with Gasteiger partial charge in [-0.05, 0) is 43.9 Å². The van der Waals surface area contributed by atoms with Crippen molar-refractivity contribution in [2.75, 3.05) is 6.61 Å². The van der Waals surface area contributed by atoms with Crippen LogP contribution in [0.1, 0.15) is 61.0 Å². The fourth-order valence-electron chi connectivity index (χ4n) is 2.06. The number of carbonyl (C=O) groups excluding carboxylic acids is 1. The molecule has 0 N–H and O–H groups in total. The van der Waals surface area contributed by atoms with E-state index in [1.54, 1.807) is 0 Å². The molecule has 0 spiro atoms. The maximum Gasteiger partial charge on any atom is 0.166 e. The third kappa shape index (κ3) is 3.97. The largest absolute Gasteiger partial charge is 0.493 e. The minimum atomic E-state index is 0.132. The number of hydrogen-bond acceptors (Lipinski definition) is 2. The molecule has 0 fully saturated rings. The monoisotopic (exact) mass is 282 g/mol. The number of hydrogen-bond donors (Lipinski definition) is 0. The van der Waals surface area contributed by atoms with Crippen LogP contribution in [0.25, 0.3) is 0 Å². The molecule has 106 valence electrons. The van der Waals surface area contributed by atoms with E-state index in [-0.39, 0.29) is 5.78 Å². The summed E-state index contributed by atoms with van der Waals surface area (Å²) < 4.78 is 5.72. The minimum absolute atomic E-state index is 0.132. The highest BCUT2D eigenvalue weighted by molar-refractivity contribution is 6.32. The highest BCUT2D eigenvalue weighted by Gasteiger charge is 2.19. The molecule has 0 aliphatic carbocycles. The summed E-state index contributed by atoms with van der Waals surface area (Å²) in [6.45, 7) is 8.58. The zero-order chi connectivity index (χ0) is 14.4. The number of ether oxygens (including phenoxy) is 1. The van der Waals surface area contributed by atoms with Gasteiger partial charge < -0.3 is 4.74 Å². The van der Waals surface area contributed by atoms with E-state index < -0.39 is 0 Å². The highest BCUT2D eigenvalue weighted by Crippen LogP contribution is 2.33. The third-order valence-electron chi connectivity index (χ3n) is 3.14. The molecule has 1 aromatic carbocycles.